The highest BCUT2D eigenvalue weighted by Gasteiger charge is 2.21. The largest absolute Gasteiger partial charge is 0.354 e. The number of carbonyl (C=O) groups is 1. The molecule has 0 aliphatic carbocycles. The number of carbonyl (C=O) groups excluding carboxylic acids is 1. The monoisotopic (exact) mass is 353 g/mol. The lowest BCUT2D eigenvalue weighted by atomic mass is 10.2. The van der Waals surface area contributed by atoms with Crippen LogP contribution in [0.15, 0.2) is 41.5 Å². The highest BCUT2D eigenvalue weighted by molar-refractivity contribution is 6.05. The van der Waals surface area contributed by atoms with Crippen LogP contribution in [0.5, 0.6) is 0 Å². The molecule has 1 amide bonds. The van der Waals surface area contributed by atoms with E-state index in [0.717, 1.165) is 32.0 Å². The van der Waals surface area contributed by atoms with Gasteiger partial charge in [0.05, 0.1) is 5.39 Å². The van der Waals surface area contributed by atoms with Crippen LogP contribution in [0.4, 0.5) is 16.0 Å². The average molecular weight is 353 g/mol. The van der Waals surface area contributed by atoms with Gasteiger partial charge in [-0.1, -0.05) is 6.07 Å². The van der Waals surface area contributed by atoms with Crippen molar-refractivity contribution in [3.05, 3.63) is 58.3 Å². The zero-order valence-corrected chi connectivity index (χ0v) is 13.8. The van der Waals surface area contributed by atoms with Crippen molar-refractivity contribution in [1.82, 2.24) is 15.0 Å². The van der Waals surface area contributed by atoms with E-state index in [4.69, 9.17) is 0 Å². The van der Waals surface area contributed by atoms with Crippen LogP contribution in [-0.2, 0) is 0 Å². The van der Waals surface area contributed by atoms with Crippen LogP contribution < -0.4 is 15.6 Å². The zero-order valence-electron chi connectivity index (χ0n) is 13.8. The highest BCUT2D eigenvalue weighted by Crippen LogP contribution is 2.23. The topological polar surface area (TPSA) is 91.0 Å². The number of rotatable bonds is 3. The number of halogens is 1. The van der Waals surface area contributed by atoms with Crippen molar-refractivity contribution < 1.29 is 9.18 Å². The average Bonchev–Trinajstić information content (AvgIpc) is 3.17. The number of aromatic amines is 1. The Balaban J connectivity index is 1.71. The Morgan fingerprint density at radius 3 is 2.81 bits per heavy atom. The maximum atomic E-state index is 14.5. The molecule has 0 bridgehead atoms. The first kappa shape index (κ1) is 16.2. The maximum absolute atomic E-state index is 14.5. The first-order valence-corrected chi connectivity index (χ1v) is 8.33. The molecule has 0 saturated carbocycles. The minimum atomic E-state index is -0.615. The summed E-state index contributed by atoms with van der Waals surface area (Å²) in [7, 11) is 0. The lowest BCUT2D eigenvalue weighted by Gasteiger charge is -2.17. The summed E-state index contributed by atoms with van der Waals surface area (Å²) < 4.78 is 14.5. The number of H-pyrrole nitrogens is 1. The molecular weight excluding hydrogens is 337 g/mol. The second kappa shape index (κ2) is 6.55. The van der Waals surface area contributed by atoms with E-state index in [9.17, 15) is 14.0 Å². The molecule has 0 unspecified atom stereocenters. The van der Waals surface area contributed by atoms with E-state index in [-0.39, 0.29) is 22.4 Å². The summed E-state index contributed by atoms with van der Waals surface area (Å²) in [5.74, 6) is -0.620. The maximum Gasteiger partial charge on any atom is 0.262 e. The summed E-state index contributed by atoms with van der Waals surface area (Å²) in [6, 6.07) is 6.18. The van der Waals surface area contributed by atoms with Crippen molar-refractivity contribution >= 4 is 28.6 Å². The van der Waals surface area contributed by atoms with Crippen molar-refractivity contribution in [2.75, 3.05) is 23.3 Å². The van der Waals surface area contributed by atoms with Gasteiger partial charge in [-0.05, 0) is 31.0 Å². The summed E-state index contributed by atoms with van der Waals surface area (Å²) >= 11 is 0. The number of anilines is 2. The van der Waals surface area contributed by atoms with Gasteiger partial charge in [0, 0.05) is 25.5 Å². The fraction of sp³-hybridized carbons (Fsp3) is 0.222. The number of nitrogens with zero attached hydrogens (tertiary/aromatic N) is 3. The number of aromatic nitrogens is 3. The molecule has 0 spiro atoms. The molecule has 2 N–H and O–H groups in total. The number of pyridine rings is 3. The number of fused-ring (bicyclic) bond motifs is 1. The lowest BCUT2D eigenvalue weighted by Crippen LogP contribution is -2.24. The van der Waals surface area contributed by atoms with Gasteiger partial charge in [-0.3, -0.25) is 9.59 Å². The Morgan fingerprint density at radius 2 is 2.08 bits per heavy atom. The fourth-order valence-electron chi connectivity index (χ4n) is 3.05. The molecule has 1 fully saturated rings. The minimum Gasteiger partial charge on any atom is -0.354 e. The molecule has 7 nitrogen and oxygen atoms in total. The molecule has 0 aromatic carbocycles. The van der Waals surface area contributed by atoms with E-state index >= 15 is 0 Å². The number of hydrogen-bond donors (Lipinski definition) is 2. The number of nitrogens with one attached hydrogen (secondary N) is 2. The first-order valence-electron chi connectivity index (χ1n) is 8.33. The van der Waals surface area contributed by atoms with Crippen LogP contribution in [0.2, 0.25) is 0 Å². The fourth-order valence-corrected chi connectivity index (χ4v) is 3.05. The number of amides is 1. The second-order valence-electron chi connectivity index (χ2n) is 6.08. The van der Waals surface area contributed by atoms with Gasteiger partial charge >= 0.3 is 0 Å². The molecule has 26 heavy (non-hydrogen) atoms. The van der Waals surface area contributed by atoms with Gasteiger partial charge in [0.1, 0.15) is 17.0 Å². The van der Waals surface area contributed by atoms with E-state index in [1.54, 1.807) is 18.2 Å². The summed E-state index contributed by atoms with van der Waals surface area (Å²) in [6.07, 6.45) is 4.80. The SMILES string of the molecule is O=C(Nc1ccccn1)c1c[nH]c2nc(N3CCCC3)c(F)cc2c1=O. The Kier molecular flexibility index (Phi) is 4.08. The van der Waals surface area contributed by atoms with Crippen LogP contribution in [0.3, 0.4) is 0 Å². The quantitative estimate of drug-likeness (QED) is 0.754. The summed E-state index contributed by atoms with van der Waals surface area (Å²) in [6.45, 7) is 1.48. The molecule has 1 saturated heterocycles. The van der Waals surface area contributed by atoms with Crippen molar-refractivity contribution in [3.63, 3.8) is 0 Å². The van der Waals surface area contributed by atoms with E-state index in [1.165, 1.54) is 12.4 Å². The van der Waals surface area contributed by atoms with Crippen molar-refractivity contribution in [3.8, 4) is 0 Å². The molecule has 0 atom stereocenters. The van der Waals surface area contributed by atoms with Gasteiger partial charge in [-0.25, -0.2) is 14.4 Å². The van der Waals surface area contributed by atoms with E-state index in [1.807, 2.05) is 4.90 Å². The van der Waals surface area contributed by atoms with Gasteiger partial charge in [0.2, 0.25) is 5.43 Å². The Morgan fingerprint density at radius 1 is 1.27 bits per heavy atom. The zero-order chi connectivity index (χ0) is 18.1. The van der Waals surface area contributed by atoms with E-state index in [2.05, 4.69) is 20.3 Å². The molecule has 1 aliphatic heterocycles. The van der Waals surface area contributed by atoms with E-state index in [0.29, 0.717) is 5.82 Å². The molecule has 4 heterocycles. The van der Waals surface area contributed by atoms with Crippen molar-refractivity contribution in [2.24, 2.45) is 0 Å². The smallest absolute Gasteiger partial charge is 0.262 e. The van der Waals surface area contributed by atoms with Crippen molar-refractivity contribution in [1.29, 1.82) is 0 Å². The predicted octanol–water partition coefficient (Wildman–Crippen LogP) is 2.31. The van der Waals surface area contributed by atoms with Crippen molar-refractivity contribution in [2.45, 2.75) is 12.8 Å². The molecule has 3 aromatic heterocycles. The van der Waals surface area contributed by atoms with Gasteiger partial charge in [-0.2, -0.15) is 0 Å². The summed E-state index contributed by atoms with van der Waals surface area (Å²) in [5.41, 5.74) is -0.447. The summed E-state index contributed by atoms with van der Waals surface area (Å²) in [5, 5.41) is 2.58. The van der Waals surface area contributed by atoms with Gasteiger partial charge in [0.15, 0.2) is 11.6 Å². The molecule has 0 radical (unpaired) electrons. The molecular formula is C18H16FN5O2. The summed E-state index contributed by atoms with van der Waals surface area (Å²) in [4.78, 5) is 37.9. The van der Waals surface area contributed by atoms with E-state index < -0.39 is 17.2 Å². The second-order valence-corrected chi connectivity index (χ2v) is 6.08. The molecule has 132 valence electrons. The van der Waals surface area contributed by atoms with Gasteiger partial charge < -0.3 is 15.2 Å². The minimum absolute atomic E-state index is 0.0408. The van der Waals surface area contributed by atoms with Crippen LogP contribution in [-0.4, -0.2) is 33.9 Å². The molecule has 8 heteroatoms. The Hall–Kier alpha value is -3.29. The standard InChI is InChI=1S/C18H16FN5O2/c19-13-9-11-15(25)12(18(26)22-14-5-1-2-6-20-14)10-21-16(11)23-17(13)24-7-3-4-8-24/h1-2,5-6,9-10H,3-4,7-8H2,(H,20,22,26)(H,21,23,25). The first-order chi connectivity index (χ1) is 12.6. The highest BCUT2D eigenvalue weighted by atomic mass is 19.1. The third kappa shape index (κ3) is 2.90. The van der Waals surface area contributed by atoms with Crippen LogP contribution in [0.25, 0.3) is 11.0 Å². The third-order valence-corrected chi connectivity index (χ3v) is 4.36. The molecule has 1 aliphatic rings. The predicted molar refractivity (Wildman–Crippen MR) is 96.0 cm³/mol. The Bertz CT molecular complexity index is 1030. The van der Waals surface area contributed by atoms with Crippen LogP contribution in [0.1, 0.15) is 23.2 Å². The third-order valence-electron chi connectivity index (χ3n) is 4.36. The molecule has 3 aromatic rings. The van der Waals surface area contributed by atoms with Gasteiger partial charge in [0.25, 0.3) is 5.91 Å². The van der Waals surface area contributed by atoms with Crippen LogP contribution >= 0.6 is 0 Å². The lowest BCUT2D eigenvalue weighted by molar-refractivity contribution is 0.102. The molecule has 4 rings (SSSR count). The Labute approximate surface area is 147 Å². The van der Waals surface area contributed by atoms with Crippen LogP contribution in [0, 0.1) is 5.82 Å². The normalized spacial score (nSPS) is 14.0. The number of hydrogen-bond acceptors (Lipinski definition) is 5. The van der Waals surface area contributed by atoms with Gasteiger partial charge in [-0.15, -0.1) is 0 Å².